The van der Waals surface area contributed by atoms with Gasteiger partial charge in [-0.25, -0.2) is 0 Å². The lowest BCUT2D eigenvalue weighted by atomic mass is 10.2. The fourth-order valence-corrected chi connectivity index (χ4v) is 2.17. The van der Waals surface area contributed by atoms with Crippen molar-refractivity contribution < 1.29 is 19.1 Å². The van der Waals surface area contributed by atoms with Crippen molar-refractivity contribution in [2.24, 2.45) is 0 Å². The van der Waals surface area contributed by atoms with Gasteiger partial charge in [0.15, 0.2) is 11.7 Å². The average molecular weight is 399 g/mol. The van der Waals surface area contributed by atoms with Gasteiger partial charge in [0.2, 0.25) is 5.91 Å². The molecule has 0 unspecified atom stereocenters. The first kappa shape index (κ1) is 20.9. The van der Waals surface area contributed by atoms with E-state index in [4.69, 9.17) is 21.7 Å². The number of hydrogen-bond donors (Lipinski definition) is 3. The highest BCUT2D eigenvalue weighted by Gasteiger charge is 2.05. The Balaban J connectivity index is 1.68. The molecule has 0 aromatic heterocycles. The number of carbonyl (C=O) groups excluding carboxylic acids is 2. The first-order valence-electron chi connectivity index (χ1n) is 8.37. The number of amides is 2. The van der Waals surface area contributed by atoms with Gasteiger partial charge in [-0.05, 0) is 55.0 Å². The molecule has 2 rings (SSSR count). The van der Waals surface area contributed by atoms with Crippen molar-refractivity contribution in [1.82, 2.24) is 16.2 Å². The molecule has 0 aliphatic carbocycles. The quantitative estimate of drug-likeness (QED) is 0.392. The second-order valence-corrected chi connectivity index (χ2v) is 6.11. The van der Waals surface area contributed by atoms with Gasteiger partial charge in [0.25, 0.3) is 5.91 Å². The summed E-state index contributed by atoms with van der Waals surface area (Å²) >= 11 is 4.96. The summed E-state index contributed by atoms with van der Waals surface area (Å²) in [6, 6.07) is 14.5. The molecule has 0 saturated heterocycles. The molecule has 0 spiro atoms. The third kappa shape index (κ3) is 7.46. The Morgan fingerprint density at radius 2 is 1.64 bits per heavy atom. The lowest BCUT2D eigenvalue weighted by molar-refractivity contribution is -0.123. The van der Waals surface area contributed by atoms with Crippen molar-refractivity contribution >= 4 is 35.2 Å². The number of hydrazine groups is 1. The van der Waals surface area contributed by atoms with E-state index in [0.29, 0.717) is 5.75 Å². The largest absolute Gasteiger partial charge is 0.497 e. The van der Waals surface area contributed by atoms with E-state index in [1.165, 1.54) is 6.08 Å². The van der Waals surface area contributed by atoms with Crippen LogP contribution in [0, 0.1) is 6.92 Å². The Morgan fingerprint density at radius 3 is 2.29 bits per heavy atom. The summed E-state index contributed by atoms with van der Waals surface area (Å²) in [5, 5.41) is 2.39. The third-order valence-electron chi connectivity index (χ3n) is 3.49. The normalized spacial score (nSPS) is 10.2. The number of hydrogen-bond acceptors (Lipinski definition) is 5. The Kier molecular flexibility index (Phi) is 7.98. The van der Waals surface area contributed by atoms with Crippen LogP contribution in [-0.4, -0.2) is 30.6 Å². The van der Waals surface area contributed by atoms with Gasteiger partial charge in [0.1, 0.15) is 11.5 Å². The molecular formula is C20H21N3O4S. The standard InChI is InChI=1S/C20H21N3O4S/c1-14-3-8-17(9-4-14)27-13-19(25)22-23-20(28)21-18(24)12-7-15-5-10-16(26-2)11-6-15/h3-12H,13H2,1-2H3,(H,22,25)(H2,21,23,24,28)/b12-7+. The number of nitrogens with one attached hydrogen (secondary N) is 3. The van der Waals surface area contributed by atoms with Crippen molar-refractivity contribution in [3.8, 4) is 11.5 Å². The smallest absolute Gasteiger partial charge is 0.276 e. The number of methoxy groups -OCH3 is 1. The van der Waals surface area contributed by atoms with Gasteiger partial charge < -0.3 is 9.47 Å². The molecule has 2 amide bonds. The van der Waals surface area contributed by atoms with Crippen LogP contribution in [0.2, 0.25) is 0 Å². The van der Waals surface area contributed by atoms with E-state index in [9.17, 15) is 9.59 Å². The number of thiocarbonyl (C=S) groups is 1. The monoisotopic (exact) mass is 399 g/mol. The molecule has 28 heavy (non-hydrogen) atoms. The molecule has 0 fully saturated rings. The Morgan fingerprint density at radius 1 is 1.00 bits per heavy atom. The van der Waals surface area contributed by atoms with Crippen LogP contribution in [0.4, 0.5) is 0 Å². The molecule has 7 nitrogen and oxygen atoms in total. The summed E-state index contributed by atoms with van der Waals surface area (Å²) in [5.74, 6) is 0.443. The van der Waals surface area contributed by atoms with Crippen molar-refractivity contribution in [2.75, 3.05) is 13.7 Å². The molecular weight excluding hydrogens is 378 g/mol. The van der Waals surface area contributed by atoms with Crippen LogP contribution >= 0.6 is 12.2 Å². The molecule has 2 aromatic carbocycles. The highest BCUT2D eigenvalue weighted by atomic mass is 32.1. The van der Waals surface area contributed by atoms with Crippen LogP contribution in [0.1, 0.15) is 11.1 Å². The molecule has 0 radical (unpaired) electrons. The molecule has 0 aliphatic rings. The summed E-state index contributed by atoms with van der Waals surface area (Å²) in [5.41, 5.74) is 6.72. The zero-order valence-corrected chi connectivity index (χ0v) is 16.3. The predicted molar refractivity (Wildman–Crippen MR) is 111 cm³/mol. The minimum Gasteiger partial charge on any atom is -0.497 e. The first-order valence-corrected chi connectivity index (χ1v) is 8.78. The van der Waals surface area contributed by atoms with Crippen molar-refractivity contribution in [3.05, 3.63) is 65.7 Å². The lowest BCUT2D eigenvalue weighted by Crippen LogP contribution is -2.49. The van der Waals surface area contributed by atoms with E-state index in [1.54, 1.807) is 37.5 Å². The van der Waals surface area contributed by atoms with Crippen LogP contribution in [0.25, 0.3) is 6.08 Å². The number of ether oxygens (including phenoxy) is 2. The minimum absolute atomic E-state index is 0.0342. The van der Waals surface area contributed by atoms with Crippen LogP contribution in [0.5, 0.6) is 11.5 Å². The molecule has 0 atom stereocenters. The zero-order valence-electron chi connectivity index (χ0n) is 15.5. The maximum Gasteiger partial charge on any atom is 0.276 e. The molecule has 8 heteroatoms. The number of carbonyl (C=O) groups is 2. The minimum atomic E-state index is -0.439. The van der Waals surface area contributed by atoms with Crippen molar-refractivity contribution in [3.63, 3.8) is 0 Å². The maximum absolute atomic E-state index is 11.8. The Bertz CT molecular complexity index is 849. The van der Waals surface area contributed by atoms with Gasteiger partial charge in [0.05, 0.1) is 7.11 Å². The Hall–Kier alpha value is -3.39. The van der Waals surface area contributed by atoms with Crippen LogP contribution in [0.15, 0.2) is 54.6 Å². The van der Waals surface area contributed by atoms with E-state index in [0.717, 1.165) is 16.9 Å². The van der Waals surface area contributed by atoms with Gasteiger partial charge in [-0.3, -0.25) is 25.8 Å². The van der Waals surface area contributed by atoms with Gasteiger partial charge >= 0.3 is 0 Å². The second kappa shape index (κ2) is 10.7. The highest BCUT2D eigenvalue weighted by Crippen LogP contribution is 2.12. The number of aryl methyl sites for hydroxylation is 1. The van der Waals surface area contributed by atoms with Crippen LogP contribution < -0.4 is 25.6 Å². The van der Waals surface area contributed by atoms with E-state index in [1.807, 2.05) is 31.2 Å². The molecule has 146 valence electrons. The Labute approximate surface area is 168 Å². The molecule has 0 aliphatic heterocycles. The van der Waals surface area contributed by atoms with E-state index < -0.39 is 11.8 Å². The fourth-order valence-electron chi connectivity index (χ4n) is 2.02. The van der Waals surface area contributed by atoms with E-state index in [2.05, 4.69) is 16.2 Å². The summed E-state index contributed by atoms with van der Waals surface area (Å²) < 4.78 is 10.4. The summed E-state index contributed by atoms with van der Waals surface area (Å²) in [4.78, 5) is 23.6. The topological polar surface area (TPSA) is 88.7 Å². The van der Waals surface area contributed by atoms with Crippen LogP contribution in [-0.2, 0) is 9.59 Å². The maximum atomic E-state index is 11.8. The SMILES string of the molecule is COc1ccc(/C=C/C(=O)NC(=S)NNC(=O)COc2ccc(C)cc2)cc1. The highest BCUT2D eigenvalue weighted by molar-refractivity contribution is 7.80. The summed E-state index contributed by atoms with van der Waals surface area (Å²) in [6.45, 7) is 1.77. The van der Waals surface area contributed by atoms with Gasteiger partial charge in [-0.1, -0.05) is 29.8 Å². The van der Waals surface area contributed by atoms with Gasteiger partial charge in [0, 0.05) is 6.08 Å². The lowest BCUT2D eigenvalue weighted by Gasteiger charge is -2.10. The average Bonchev–Trinajstić information content (AvgIpc) is 2.70. The van der Waals surface area contributed by atoms with E-state index in [-0.39, 0.29) is 11.7 Å². The van der Waals surface area contributed by atoms with E-state index >= 15 is 0 Å². The van der Waals surface area contributed by atoms with Gasteiger partial charge in [-0.15, -0.1) is 0 Å². The number of rotatable bonds is 6. The van der Waals surface area contributed by atoms with Gasteiger partial charge in [-0.2, -0.15) is 0 Å². The van der Waals surface area contributed by atoms with Crippen LogP contribution in [0.3, 0.4) is 0 Å². The molecule has 0 heterocycles. The fraction of sp³-hybridized carbons (Fsp3) is 0.150. The van der Waals surface area contributed by atoms with Crippen molar-refractivity contribution in [1.29, 1.82) is 0 Å². The number of benzene rings is 2. The summed E-state index contributed by atoms with van der Waals surface area (Å²) in [6.07, 6.45) is 2.96. The predicted octanol–water partition coefficient (Wildman–Crippen LogP) is 2.12. The molecule has 0 bridgehead atoms. The molecule has 0 saturated carbocycles. The first-order chi connectivity index (χ1) is 13.5. The third-order valence-corrected chi connectivity index (χ3v) is 3.69. The zero-order chi connectivity index (χ0) is 20.4. The molecule has 3 N–H and O–H groups in total. The molecule has 2 aromatic rings. The second-order valence-electron chi connectivity index (χ2n) is 5.70. The summed E-state index contributed by atoms with van der Waals surface area (Å²) in [7, 11) is 1.58. The van der Waals surface area contributed by atoms with Crippen molar-refractivity contribution in [2.45, 2.75) is 6.92 Å².